The van der Waals surface area contributed by atoms with Crippen molar-refractivity contribution in [2.75, 3.05) is 16.8 Å². The van der Waals surface area contributed by atoms with E-state index in [1.54, 1.807) is 0 Å². The van der Waals surface area contributed by atoms with Crippen molar-refractivity contribution in [1.29, 1.82) is 0 Å². The summed E-state index contributed by atoms with van der Waals surface area (Å²) >= 11 is 2.04. The van der Waals surface area contributed by atoms with E-state index in [4.69, 9.17) is 0 Å². The average Bonchev–Trinajstić information content (AvgIpc) is 2.95. The molecular weight excluding hydrogens is 266 g/mol. The lowest BCUT2D eigenvalue weighted by Crippen LogP contribution is -2.41. The first-order chi connectivity index (χ1) is 9.67. The number of hydrogen-bond donors (Lipinski definition) is 1. The smallest absolute Gasteiger partial charge is 0.0876 e. The van der Waals surface area contributed by atoms with Gasteiger partial charge in [0.2, 0.25) is 0 Å². The number of para-hydroxylation sites is 2. The molecule has 1 unspecified atom stereocenters. The van der Waals surface area contributed by atoms with E-state index in [9.17, 15) is 0 Å². The normalized spacial score (nSPS) is 21.6. The second-order valence-electron chi connectivity index (χ2n) is 5.98. The fourth-order valence-electron chi connectivity index (χ4n) is 2.57. The van der Waals surface area contributed by atoms with Crippen LogP contribution in [0.1, 0.15) is 20.3 Å². The molecule has 1 aliphatic heterocycles. The Balaban J connectivity index is 1.88. The highest BCUT2D eigenvalue weighted by molar-refractivity contribution is 7.99. The van der Waals surface area contributed by atoms with Gasteiger partial charge in [0.05, 0.1) is 11.4 Å². The molecule has 1 saturated heterocycles. The molecule has 1 aromatic heterocycles. The topological polar surface area (TPSA) is 29.9 Å². The predicted molar refractivity (Wildman–Crippen MR) is 86.7 cm³/mol. The Morgan fingerprint density at radius 1 is 1.30 bits per heavy atom. The summed E-state index contributed by atoms with van der Waals surface area (Å²) in [5, 5.41) is 8.09. The van der Waals surface area contributed by atoms with Gasteiger partial charge < -0.3 is 5.32 Å². The molecule has 20 heavy (non-hydrogen) atoms. The number of anilines is 1. The highest BCUT2D eigenvalue weighted by Gasteiger charge is 2.32. The summed E-state index contributed by atoms with van der Waals surface area (Å²) in [6.45, 7) is 4.72. The monoisotopic (exact) mass is 287 g/mol. The summed E-state index contributed by atoms with van der Waals surface area (Å²) in [5.41, 5.74) is 2.61. The Labute approximate surface area is 124 Å². The standard InChI is InChI=1S/C16H21N3S/c1-16(2)8-11-20-12-15(16)18-13-6-3-4-7-14(13)19-10-5-9-17-19/h3-7,9-10,15,18H,8,11-12H2,1-2H3. The predicted octanol–water partition coefficient (Wildman–Crippen LogP) is 3.82. The van der Waals surface area contributed by atoms with Crippen LogP contribution >= 0.6 is 11.8 Å². The van der Waals surface area contributed by atoms with Gasteiger partial charge in [0.25, 0.3) is 0 Å². The molecule has 0 saturated carbocycles. The van der Waals surface area contributed by atoms with E-state index >= 15 is 0 Å². The fourth-order valence-corrected chi connectivity index (χ4v) is 4.18. The molecule has 0 amide bonds. The van der Waals surface area contributed by atoms with Gasteiger partial charge in [-0.2, -0.15) is 16.9 Å². The summed E-state index contributed by atoms with van der Waals surface area (Å²) in [5.74, 6) is 2.44. The lowest BCUT2D eigenvalue weighted by molar-refractivity contribution is 0.305. The molecule has 106 valence electrons. The minimum atomic E-state index is 0.336. The van der Waals surface area contributed by atoms with Crippen molar-refractivity contribution in [2.24, 2.45) is 5.41 Å². The van der Waals surface area contributed by atoms with Crippen molar-refractivity contribution in [3.05, 3.63) is 42.7 Å². The lowest BCUT2D eigenvalue weighted by Gasteiger charge is -2.39. The highest BCUT2D eigenvalue weighted by Crippen LogP contribution is 2.36. The van der Waals surface area contributed by atoms with Crippen molar-refractivity contribution >= 4 is 17.4 Å². The summed E-state index contributed by atoms with van der Waals surface area (Å²) in [7, 11) is 0. The summed E-state index contributed by atoms with van der Waals surface area (Å²) in [6.07, 6.45) is 5.07. The van der Waals surface area contributed by atoms with Crippen LogP contribution in [0.4, 0.5) is 5.69 Å². The molecule has 1 aliphatic rings. The van der Waals surface area contributed by atoms with Gasteiger partial charge in [0, 0.05) is 24.2 Å². The Kier molecular flexibility index (Phi) is 3.74. The van der Waals surface area contributed by atoms with E-state index in [1.807, 2.05) is 34.9 Å². The maximum Gasteiger partial charge on any atom is 0.0876 e. The van der Waals surface area contributed by atoms with Gasteiger partial charge in [-0.3, -0.25) is 0 Å². The van der Waals surface area contributed by atoms with Gasteiger partial charge >= 0.3 is 0 Å². The average molecular weight is 287 g/mol. The number of hydrogen-bond acceptors (Lipinski definition) is 3. The van der Waals surface area contributed by atoms with Crippen molar-refractivity contribution in [3.63, 3.8) is 0 Å². The molecule has 3 nitrogen and oxygen atoms in total. The number of thioether (sulfide) groups is 1. The second kappa shape index (κ2) is 5.52. The van der Waals surface area contributed by atoms with Crippen LogP contribution in [0.25, 0.3) is 5.69 Å². The SMILES string of the molecule is CC1(C)CCSCC1Nc1ccccc1-n1cccn1. The lowest BCUT2D eigenvalue weighted by atomic mass is 9.82. The van der Waals surface area contributed by atoms with Crippen molar-refractivity contribution in [3.8, 4) is 5.69 Å². The molecule has 0 bridgehead atoms. The fraction of sp³-hybridized carbons (Fsp3) is 0.438. The largest absolute Gasteiger partial charge is 0.379 e. The van der Waals surface area contributed by atoms with Gasteiger partial charge in [-0.1, -0.05) is 26.0 Å². The molecule has 4 heteroatoms. The molecule has 0 spiro atoms. The Morgan fingerprint density at radius 2 is 2.15 bits per heavy atom. The summed E-state index contributed by atoms with van der Waals surface area (Å²) in [6, 6.07) is 10.8. The summed E-state index contributed by atoms with van der Waals surface area (Å²) < 4.78 is 1.92. The van der Waals surface area contributed by atoms with Gasteiger partial charge in [0.15, 0.2) is 0 Å². The number of benzene rings is 1. The molecule has 1 atom stereocenters. The van der Waals surface area contributed by atoms with Crippen LogP contribution in [0.5, 0.6) is 0 Å². The molecule has 1 fully saturated rings. The van der Waals surface area contributed by atoms with Crippen LogP contribution in [-0.4, -0.2) is 27.3 Å². The molecule has 0 radical (unpaired) electrons. The van der Waals surface area contributed by atoms with Crippen LogP contribution in [0.2, 0.25) is 0 Å². The van der Waals surface area contributed by atoms with Gasteiger partial charge in [-0.05, 0) is 35.8 Å². The summed E-state index contributed by atoms with van der Waals surface area (Å²) in [4.78, 5) is 0. The third kappa shape index (κ3) is 2.70. The molecule has 3 rings (SSSR count). The quantitative estimate of drug-likeness (QED) is 0.931. The first-order valence-corrected chi connectivity index (χ1v) is 8.26. The second-order valence-corrected chi connectivity index (χ2v) is 7.13. The molecule has 0 aliphatic carbocycles. The number of nitrogens with zero attached hydrogens (tertiary/aromatic N) is 2. The first-order valence-electron chi connectivity index (χ1n) is 7.10. The van der Waals surface area contributed by atoms with Gasteiger partial charge in [-0.25, -0.2) is 4.68 Å². The van der Waals surface area contributed by atoms with E-state index in [2.05, 4.69) is 48.5 Å². The van der Waals surface area contributed by atoms with Crippen LogP contribution in [-0.2, 0) is 0 Å². The van der Waals surface area contributed by atoms with E-state index in [1.165, 1.54) is 17.9 Å². The first kappa shape index (κ1) is 13.6. The number of rotatable bonds is 3. The van der Waals surface area contributed by atoms with Crippen molar-refractivity contribution in [1.82, 2.24) is 9.78 Å². The molecule has 1 N–H and O–H groups in total. The molecule has 2 heterocycles. The van der Waals surface area contributed by atoms with E-state index < -0.39 is 0 Å². The maximum atomic E-state index is 4.35. The minimum Gasteiger partial charge on any atom is -0.379 e. The van der Waals surface area contributed by atoms with E-state index in [0.29, 0.717) is 11.5 Å². The molecule has 2 aromatic rings. The maximum absolute atomic E-state index is 4.35. The van der Waals surface area contributed by atoms with E-state index in [0.717, 1.165) is 11.4 Å². The van der Waals surface area contributed by atoms with Gasteiger partial charge in [0.1, 0.15) is 0 Å². The zero-order valence-electron chi connectivity index (χ0n) is 12.0. The van der Waals surface area contributed by atoms with Crippen LogP contribution in [0.3, 0.4) is 0 Å². The third-order valence-corrected chi connectivity index (χ3v) is 5.17. The minimum absolute atomic E-state index is 0.336. The zero-order chi connectivity index (χ0) is 14.0. The molecule has 1 aromatic carbocycles. The van der Waals surface area contributed by atoms with Crippen LogP contribution in [0.15, 0.2) is 42.7 Å². The van der Waals surface area contributed by atoms with Crippen molar-refractivity contribution in [2.45, 2.75) is 26.3 Å². The third-order valence-electron chi connectivity index (χ3n) is 4.10. The highest BCUT2D eigenvalue weighted by atomic mass is 32.2. The van der Waals surface area contributed by atoms with Crippen LogP contribution in [0, 0.1) is 5.41 Å². The number of aromatic nitrogens is 2. The van der Waals surface area contributed by atoms with Crippen molar-refractivity contribution < 1.29 is 0 Å². The number of nitrogens with one attached hydrogen (secondary N) is 1. The Morgan fingerprint density at radius 3 is 2.90 bits per heavy atom. The molecular formula is C16H21N3S. The van der Waals surface area contributed by atoms with E-state index in [-0.39, 0.29) is 0 Å². The Hall–Kier alpha value is -1.42. The zero-order valence-corrected chi connectivity index (χ0v) is 12.9. The van der Waals surface area contributed by atoms with Crippen LogP contribution < -0.4 is 5.32 Å². The Bertz CT molecular complexity index is 563. The van der Waals surface area contributed by atoms with Gasteiger partial charge in [-0.15, -0.1) is 0 Å².